The SMILES string of the molecule is CC(C)n1nc(-c2nnc(C3CCNCC3)o2)c2ccccc21. The Morgan fingerprint density at radius 1 is 1.17 bits per heavy atom. The maximum atomic E-state index is 5.98. The molecular weight excluding hydrogens is 290 g/mol. The third-order valence-corrected chi connectivity index (χ3v) is 4.43. The molecule has 0 aliphatic carbocycles. The number of hydrogen-bond acceptors (Lipinski definition) is 5. The number of rotatable bonds is 3. The van der Waals surface area contributed by atoms with Gasteiger partial charge in [0.05, 0.1) is 5.52 Å². The lowest BCUT2D eigenvalue weighted by Gasteiger charge is -2.18. The van der Waals surface area contributed by atoms with E-state index in [0.717, 1.165) is 48.4 Å². The van der Waals surface area contributed by atoms with Gasteiger partial charge in [0.1, 0.15) is 0 Å². The first-order valence-corrected chi connectivity index (χ1v) is 8.26. The lowest BCUT2D eigenvalue weighted by molar-refractivity contribution is 0.378. The van der Waals surface area contributed by atoms with E-state index in [0.29, 0.717) is 11.8 Å². The van der Waals surface area contributed by atoms with Crippen LogP contribution in [0, 0.1) is 0 Å². The first kappa shape index (κ1) is 14.4. The third-order valence-electron chi connectivity index (χ3n) is 4.43. The first-order valence-electron chi connectivity index (χ1n) is 8.26. The zero-order valence-corrected chi connectivity index (χ0v) is 13.5. The largest absolute Gasteiger partial charge is 0.419 e. The predicted octanol–water partition coefficient (Wildman–Crippen LogP) is 3.13. The molecule has 0 bridgehead atoms. The van der Waals surface area contributed by atoms with Crippen LogP contribution in [0.3, 0.4) is 0 Å². The highest BCUT2D eigenvalue weighted by atomic mass is 16.4. The van der Waals surface area contributed by atoms with Crippen LogP contribution in [0.15, 0.2) is 28.7 Å². The highest BCUT2D eigenvalue weighted by Gasteiger charge is 2.24. The van der Waals surface area contributed by atoms with E-state index in [9.17, 15) is 0 Å². The van der Waals surface area contributed by atoms with E-state index in [2.05, 4.69) is 41.5 Å². The number of benzene rings is 1. The summed E-state index contributed by atoms with van der Waals surface area (Å²) in [4.78, 5) is 0. The van der Waals surface area contributed by atoms with E-state index in [4.69, 9.17) is 9.52 Å². The van der Waals surface area contributed by atoms with Gasteiger partial charge in [0.15, 0.2) is 5.69 Å². The molecule has 0 amide bonds. The second-order valence-electron chi connectivity index (χ2n) is 6.37. The lowest BCUT2D eigenvalue weighted by Crippen LogP contribution is -2.26. The summed E-state index contributed by atoms with van der Waals surface area (Å²) in [6.45, 7) is 6.26. The average Bonchev–Trinajstić information content (AvgIpc) is 3.20. The van der Waals surface area contributed by atoms with Gasteiger partial charge in [0.2, 0.25) is 5.89 Å². The van der Waals surface area contributed by atoms with Crippen molar-refractivity contribution in [2.24, 2.45) is 0 Å². The Hall–Kier alpha value is -2.21. The quantitative estimate of drug-likeness (QED) is 0.805. The van der Waals surface area contributed by atoms with Crippen LogP contribution in [0.25, 0.3) is 22.5 Å². The number of nitrogens with zero attached hydrogens (tertiary/aromatic N) is 4. The number of hydrogen-bond donors (Lipinski definition) is 1. The van der Waals surface area contributed by atoms with E-state index < -0.39 is 0 Å². The van der Waals surface area contributed by atoms with Crippen molar-refractivity contribution in [2.45, 2.75) is 38.6 Å². The van der Waals surface area contributed by atoms with Gasteiger partial charge in [-0.25, -0.2) is 0 Å². The number of aromatic nitrogens is 4. The predicted molar refractivity (Wildman–Crippen MR) is 88.3 cm³/mol. The Balaban J connectivity index is 1.76. The van der Waals surface area contributed by atoms with Crippen LogP contribution in [0.5, 0.6) is 0 Å². The fourth-order valence-electron chi connectivity index (χ4n) is 3.20. The first-order chi connectivity index (χ1) is 11.2. The molecule has 4 rings (SSSR count). The maximum Gasteiger partial charge on any atom is 0.268 e. The summed E-state index contributed by atoms with van der Waals surface area (Å²) in [7, 11) is 0. The number of fused-ring (bicyclic) bond motifs is 1. The van der Waals surface area contributed by atoms with Gasteiger partial charge in [0.25, 0.3) is 5.89 Å². The molecule has 1 fully saturated rings. The highest BCUT2D eigenvalue weighted by Crippen LogP contribution is 2.31. The van der Waals surface area contributed by atoms with E-state index in [-0.39, 0.29) is 6.04 Å². The maximum absolute atomic E-state index is 5.98. The second kappa shape index (κ2) is 5.77. The van der Waals surface area contributed by atoms with Crippen molar-refractivity contribution in [3.63, 3.8) is 0 Å². The van der Waals surface area contributed by atoms with Crippen molar-refractivity contribution in [3.05, 3.63) is 30.2 Å². The zero-order valence-electron chi connectivity index (χ0n) is 13.5. The summed E-state index contributed by atoms with van der Waals surface area (Å²) in [5.74, 6) is 1.62. The Bertz CT molecular complexity index is 813. The Morgan fingerprint density at radius 3 is 2.74 bits per heavy atom. The van der Waals surface area contributed by atoms with E-state index in [1.54, 1.807) is 0 Å². The van der Waals surface area contributed by atoms with Crippen molar-refractivity contribution in [3.8, 4) is 11.6 Å². The molecule has 1 N–H and O–H groups in total. The molecule has 0 radical (unpaired) electrons. The van der Waals surface area contributed by atoms with Crippen LogP contribution in [-0.4, -0.2) is 33.1 Å². The minimum atomic E-state index is 0.278. The Kier molecular flexibility index (Phi) is 3.61. The van der Waals surface area contributed by atoms with Crippen LogP contribution in [-0.2, 0) is 0 Å². The molecule has 1 aromatic carbocycles. The van der Waals surface area contributed by atoms with Crippen LogP contribution in [0.2, 0.25) is 0 Å². The lowest BCUT2D eigenvalue weighted by atomic mass is 9.98. The van der Waals surface area contributed by atoms with Crippen LogP contribution in [0.4, 0.5) is 0 Å². The van der Waals surface area contributed by atoms with Gasteiger partial charge in [-0.3, -0.25) is 4.68 Å². The van der Waals surface area contributed by atoms with E-state index in [1.807, 2.05) is 16.8 Å². The molecule has 1 aliphatic rings. The number of nitrogens with one attached hydrogen (secondary N) is 1. The van der Waals surface area contributed by atoms with Crippen LogP contribution < -0.4 is 5.32 Å². The number of para-hydroxylation sites is 1. The van der Waals surface area contributed by atoms with Gasteiger partial charge in [-0.2, -0.15) is 5.10 Å². The summed E-state index contributed by atoms with van der Waals surface area (Å²) in [5.41, 5.74) is 1.88. The van der Waals surface area contributed by atoms with E-state index in [1.165, 1.54) is 0 Å². The summed E-state index contributed by atoms with van der Waals surface area (Å²) >= 11 is 0. The summed E-state index contributed by atoms with van der Waals surface area (Å²) < 4.78 is 8.00. The Labute approximate surface area is 134 Å². The van der Waals surface area contributed by atoms with Gasteiger partial charge < -0.3 is 9.73 Å². The van der Waals surface area contributed by atoms with Gasteiger partial charge >= 0.3 is 0 Å². The third kappa shape index (κ3) is 2.53. The zero-order chi connectivity index (χ0) is 15.8. The molecule has 1 saturated heterocycles. The smallest absolute Gasteiger partial charge is 0.268 e. The molecule has 120 valence electrons. The molecule has 1 aliphatic heterocycles. The summed E-state index contributed by atoms with van der Waals surface area (Å²) in [5, 5.41) is 17.7. The topological polar surface area (TPSA) is 68.8 Å². The minimum absolute atomic E-state index is 0.278. The average molecular weight is 311 g/mol. The molecule has 3 heterocycles. The molecule has 0 atom stereocenters. The van der Waals surface area contributed by atoms with Crippen molar-refractivity contribution in [2.75, 3.05) is 13.1 Å². The normalized spacial score (nSPS) is 16.5. The van der Waals surface area contributed by atoms with Gasteiger partial charge in [-0.15, -0.1) is 10.2 Å². The summed E-state index contributed by atoms with van der Waals surface area (Å²) in [6.07, 6.45) is 2.09. The molecule has 6 nitrogen and oxygen atoms in total. The Morgan fingerprint density at radius 2 is 1.96 bits per heavy atom. The number of piperidine rings is 1. The fourth-order valence-corrected chi connectivity index (χ4v) is 3.20. The van der Waals surface area contributed by atoms with Crippen LogP contribution >= 0.6 is 0 Å². The molecule has 0 spiro atoms. The second-order valence-corrected chi connectivity index (χ2v) is 6.37. The van der Waals surface area contributed by atoms with Crippen molar-refractivity contribution in [1.82, 2.24) is 25.3 Å². The fraction of sp³-hybridized carbons (Fsp3) is 0.471. The molecule has 23 heavy (non-hydrogen) atoms. The van der Waals surface area contributed by atoms with Gasteiger partial charge in [-0.1, -0.05) is 18.2 Å². The van der Waals surface area contributed by atoms with Crippen molar-refractivity contribution in [1.29, 1.82) is 0 Å². The standard InChI is InChI=1S/C17H21N5O/c1-11(2)22-14-6-4-3-5-13(14)15(21-22)17-20-19-16(23-17)12-7-9-18-10-8-12/h3-6,11-12,18H,7-10H2,1-2H3. The molecule has 2 aromatic heterocycles. The van der Waals surface area contributed by atoms with Crippen LogP contribution in [0.1, 0.15) is 44.5 Å². The van der Waals surface area contributed by atoms with Crippen molar-refractivity contribution >= 4 is 10.9 Å². The van der Waals surface area contributed by atoms with Gasteiger partial charge in [0, 0.05) is 17.3 Å². The highest BCUT2D eigenvalue weighted by molar-refractivity contribution is 5.91. The molecule has 0 unspecified atom stereocenters. The van der Waals surface area contributed by atoms with Crippen molar-refractivity contribution < 1.29 is 4.42 Å². The monoisotopic (exact) mass is 311 g/mol. The molecule has 0 saturated carbocycles. The van der Waals surface area contributed by atoms with Gasteiger partial charge in [-0.05, 0) is 45.8 Å². The molecular formula is C17H21N5O. The van der Waals surface area contributed by atoms with E-state index >= 15 is 0 Å². The summed E-state index contributed by atoms with van der Waals surface area (Å²) in [6, 6.07) is 8.46. The molecule has 3 aromatic rings. The molecule has 6 heteroatoms. The minimum Gasteiger partial charge on any atom is -0.419 e.